The number of nitrogens with zero attached hydrogens (tertiary/aromatic N) is 3. The highest BCUT2D eigenvalue weighted by molar-refractivity contribution is 7.97. The Balaban J connectivity index is 0.000000169. The third-order valence-electron chi connectivity index (χ3n) is 6.37. The van der Waals surface area contributed by atoms with E-state index in [1.807, 2.05) is 30.3 Å². The van der Waals surface area contributed by atoms with E-state index < -0.39 is 0 Å². The second-order valence-electron chi connectivity index (χ2n) is 8.02. The summed E-state index contributed by atoms with van der Waals surface area (Å²) in [5.41, 5.74) is 3.35. The van der Waals surface area contributed by atoms with Gasteiger partial charge in [0.2, 0.25) is 0 Å². The number of aromatic nitrogens is 1. The Morgan fingerprint density at radius 3 is 2.72 bits per heavy atom. The molecular weight excluding hydrogens is 374 g/mol. The van der Waals surface area contributed by atoms with Gasteiger partial charge >= 0.3 is 0 Å². The van der Waals surface area contributed by atoms with Crippen LogP contribution in [0, 0.1) is 23.2 Å². The summed E-state index contributed by atoms with van der Waals surface area (Å²) in [6.07, 6.45) is 9.27. The van der Waals surface area contributed by atoms with Gasteiger partial charge in [-0.05, 0) is 63.3 Å². The summed E-state index contributed by atoms with van der Waals surface area (Å²) < 4.78 is 2.48. The molecule has 1 saturated heterocycles. The van der Waals surface area contributed by atoms with Crippen molar-refractivity contribution in [3.05, 3.63) is 60.4 Å². The van der Waals surface area contributed by atoms with Gasteiger partial charge in [0, 0.05) is 28.6 Å². The van der Waals surface area contributed by atoms with Crippen molar-refractivity contribution in [3.8, 4) is 17.2 Å². The van der Waals surface area contributed by atoms with E-state index in [-0.39, 0.29) is 0 Å². The number of fused-ring (bicyclic) bond motifs is 1. The van der Waals surface area contributed by atoms with E-state index in [9.17, 15) is 0 Å². The molecule has 4 rings (SSSR count). The highest BCUT2D eigenvalue weighted by atomic mass is 32.2. The van der Waals surface area contributed by atoms with Crippen molar-refractivity contribution in [2.75, 3.05) is 7.05 Å². The first-order valence-corrected chi connectivity index (χ1v) is 11.4. The van der Waals surface area contributed by atoms with E-state index in [2.05, 4.69) is 54.8 Å². The Labute approximate surface area is 180 Å². The summed E-state index contributed by atoms with van der Waals surface area (Å²) in [5.74, 6) is 2.00. The Morgan fingerprint density at radius 2 is 2.07 bits per heavy atom. The topological polar surface area (TPSA) is 39.9 Å². The molecule has 2 fully saturated rings. The smallest absolute Gasteiger partial charge is 0.0998 e. The molecule has 1 aliphatic heterocycles. The van der Waals surface area contributed by atoms with Gasteiger partial charge in [-0.3, -0.25) is 9.29 Å². The van der Waals surface area contributed by atoms with Gasteiger partial charge in [-0.1, -0.05) is 56.1 Å². The first-order chi connectivity index (χ1) is 14.1. The third-order valence-corrected chi connectivity index (χ3v) is 7.89. The van der Waals surface area contributed by atoms with Gasteiger partial charge in [0.1, 0.15) is 0 Å². The van der Waals surface area contributed by atoms with Crippen LogP contribution in [0.2, 0.25) is 0 Å². The zero-order valence-corrected chi connectivity index (χ0v) is 18.5. The molecule has 0 amide bonds. The van der Waals surface area contributed by atoms with Gasteiger partial charge in [0.15, 0.2) is 0 Å². The molecule has 2 aromatic rings. The molecular formula is C25H31N3S. The van der Waals surface area contributed by atoms with Crippen LogP contribution >= 0.6 is 11.9 Å². The van der Waals surface area contributed by atoms with Crippen molar-refractivity contribution in [2.24, 2.45) is 11.8 Å². The van der Waals surface area contributed by atoms with Crippen LogP contribution in [-0.4, -0.2) is 27.6 Å². The average molecular weight is 406 g/mol. The summed E-state index contributed by atoms with van der Waals surface area (Å²) in [5, 5.41) is 9.94. The third kappa shape index (κ3) is 5.10. The maximum atomic E-state index is 8.99. The molecule has 4 unspecified atom stereocenters. The Morgan fingerprint density at radius 1 is 1.28 bits per heavy atom. The van der Waals surface area contributed by atoms with Crippen LogP contribution < -0.4 is 0 Å². The summed E-state index contributed by atoms with van der Waals surface area (Å²) in [6, 6.07) is 14.3. The van der Waals surface area contributed by atoms with Crippen LogP contribution in [0.3, 0.4) is 0 Å². The van der Waals surface area contributed by atoms with Crippen molar-refractivity contribution in [3.63, 3.8) is 0 Å². The van der Waals surface area contributed by atoms with E-state index in [1.54, 1.807) is 18.3 Å². The fourth-order valence-corrected chi connectivity index (χ4v) is 5.89. The van der Waals surface area contributed by atoms with Crippen LogP contribution in [0.15, 0.2) is 49.2 Å². The van der Waals surface area contributed by atoms with Gasteiger partial charge in [-0.15, -0.1) is 0 Å². The fraction of sp³-hybridized carbons (Fsp3) is 0.440. The van der Waals surface area contributed by atoms with E-state index >= 15 is 0 Å². The van der Waals surface area contributed by atoms with Gasteiger partial charge in [0.05, 0.1) is 17.3 Å². The molecule has 2 aliphatic rings. The molecule has 2 heterocycles. The summed E-state index contributed by atoms with van der Waals surface area (Å²) in [4.78, 5) is 4.22. The van der Waals surface area contributed by atoms with Crippen LogP contribution in [0.5, 0.6) is 0 Å². The molecule has 1 aromatic carbocycles. The Kier molecular flexibility index (Phi) is 7.52. The quantitative estimate of drug-likeness (QED) is 0.552. The molecule has 4 atom stereocenters. The minimum Gasteiger partial charge on any atom is -0.256 e. The largest absolute Gasteiger partial charge is 0.256 e. The second-order valence-corrected chi connectivity index (χ2v) is 9.41. The number of hydrogen-bond donors (Lipinski definition) is 0. The number of nitriles is 1. The van der Waals surface area contributed by atoms with Crippen LogP contribution in [-0.2, 0) is 0 Å². The lowest BCUT2D eigenvalue weighted by Crippen LogP contribution is -2.31. The number of rotatable bonds is 3. The summed E-state index contributed by atoms with van der Waals surface area (Å²) in [6.45, 7) is 8.40. The second kappa shape index (κ2) is 10.1. The molecule has 4 heteroatoms. The van der Waals surface area contributed by atoms with Crippen molar-refractivity contribution < 1.29 is 0 Å². The highest BCUT2D eigenvalue weighted by Crippen LogP contribution is 2.47. The SMILES string of the molecule is C=Cc1ccc(-c2ccccc2C#N)cn1.CCC1CCC2SN(C)C(C)C2C1. The monoisotopic (exact) mass is 405 g/mol. The average Bonchev–Trinajstić information content (AvgIpc) is 3.07. The van der Waals surface area contributed by atoms with E-state index in [1.165, 1.54) is 25.7 Å². The molecule has 29 heavy (non-hydrogen) atoms. The van der Waals surface area contributed by atoms with Crippen LogP contribution in [0.1, 0.15) is 50.8 Å². The first-order valence-electron chi connectivity index (χ1n) is 10.5. The lowest BCUT2D eigenvalue weighted by atomic mass is 9.77. The predicted molar refractivity (Wildman–Crippen MR) is 124 cm³/mol. The maximum absolute atomic E-state index is 8.99. The van der Waals surface area contributed by atoms with Crippen molar-refractivity contribution >= 4 is 18.0 Å². The number of pyridine rings is 1. The van der Waals surface area contributed by atoms with Gasteiger partial charge in [-0.25, -0.2) is 0 Å². The maximum Gasteiger partial charge on any atom is 0.0998 e. The molecule has 3 nitrogen and oxygen atoms in total. The number of hydrogen-bond acceptors (Lipinski definition) is 4. The lowest BCUT2D eigenvalue weighted by Gasteiger charge is -2.31. The fourth-order valence-electron chi connectivity index (χ4n) is 4.37. The van der Waals surface area contributed by atoms with Crippen LogP contribution in [0.25, 0.3) is 17.2 Å². The van der Waals surface area contributed by atoms with E-state index in [0.717, 1.165) is 39.9 Å². The van der Waals surface area contributed by atoms with Gasteiger partial charge < -0.3 is 0 Å². The standard InChI is InChI=1S/C14H10N2.C11H21NS/c1-2-13-8-7-12(10-16-13)14-6-4-3-5-11(14)9-15;1-4-9-5-6-11-10(7-9)8(2)12(3)13-11/h2-8,10H,1H2;8-11H,4-7H2,1-3H3. The molecule has 0 radical (unpaired) electrons. The first kappa shape index (κ1) is 21.6. The molecule has 0 N–H and O–H groups in total. The highest BCUT2D eigenvalue weighted by Gasteiger charge is 2.41. The summed E-state index contributed by atoms with van der Waals surface area (Å²) in [7, 11) is 2.26. The van der Waals surface area contributed by atoms with E-state index in [0.29, 0.717) is 5.56 Å². The van der Waals surface area contributed by atoms with Gasteiger partial charge in [0.25, 0.3) is 0 Å². The van der Waals surface area contributed by atoms with Crippen molar-refractivity contribution in [2.45, 2.75) is 50.8 Å². The Bertz CT molecular complexity index is 855. The zero-order valence-electron chi connectivity index (χ0n) is 17.7. The lowest BCUT2D eigenvalue weighted by molar-refractivity contribution is 0.221. The minimum atomic E-state index is 0.663. The predicted octanol–water partition coefficient (Wildman–Crippen LogP) is 6.43. The molecule has 152 valence electrons. The molecule has 1 aromatic heterocycles. The normalized spacial score (nSPS) is 26.0. The van der Waals surface area contributed by atoms with Crippen molar-refractivity contribution in [1.82, 2.24) is 9.29 Å². The molecule has 0 spiro atoms. The molecule has 1 saturated carbocycles. The zero-order chi connectivity index (χ0) is 20.8. The van der Waals surface area contributed by atoms with Crippen molar-refractivity contribution in [1.29, 1.82) is 5.26 Å². The number of benzene rings is 1. The Hall–Kier alpha value is -2.09. The van der Waals surface area contributed by atoms with E-state index in [4.69, 9.17) is 5.26 Å². The molecule has 0 bridgehead atoms. The van der Waals surface area contributed by atoms with Gasteiger partial charge in [-0.2, -0.15) is 5.26 Å². The minimum absolute atomic E-state index is 0.663. The van der Waals surface area contributed by atoms with Crippen LogP contribution in [0.4, 0.5) is 0 Å². The molecule has 1 aliphatic carbocycles. The summed E-state index contributed by atoms with van der Waals surface area (Å²) >= 11 is 2.10.